The number of amides is 1. The van der Waals surface area contributed by atoms with Gasteiger partial charge in [0.1, 0.15) is 17.5 Å². The number of anilines is 1. The average Bonchev–Trinajstić information content (AvgIpc) is 3.65. The lowest BCUT2D eigenvalue weighted by Gasteiger charge is -2.14. The fourth-order valence-electron chi connectivity index (χ4n) is 4.99. The van der Waals surface area contributed by atoms with Gasteiger partial charge in [-0.15, -0.1) is 5.10 Å². The normalized spacial score (nSPS) is 15.6. The maximum atomic E-state index is 13.0. The van der Waals surface area contributed by atoms with Crippen LogP contribution in [0.5, 0.6) is 5.75 Å². The van der Waals surface area contributed by atoms with Crippen molar-refractivity contribution in [2.75, 3.05) is 45.5 Å². The van der Waals surface area contributed by atoms with Gasteiger partial charge in [0, 0.05) is 36.7 Å². The van der Waals surface area contributed by atoms with Crippen LogP contribution < -0.4 is 14.4 Å². The third kappa shape index (κ3) is 5.59. The van der Waals surface area contributed by atoms with Crippen LogP contribution in [0.4, 0.5) is 10.6 Å². The van der Waals surface area contributed by atoms with E-state index in [4.69, 9.17) is 31.2 Å². The number of methoxy groups -OCH3 is 1. The number of aromatic nitrogens is 6. The molecule has 6 rings (SSSR count). The third-order valence-corrected chi connectivity index (χ3v) is 7.92. The number of fused-ring (bicyclic) bond motifs is 2. The predicted molar refractivity (Wildman–Crippen MR) is 160 cm³/mol. The van der Waals surface area contributed by atoms with Gasteiger partial charge in [-0.1, -0.05) is 11.6 Å². The summed E-state index contributed by atoms with van der Waals surface area (Å²) in [4.78, 5) is 25.6. The van der Waals surface area contributed by atoms with Gasteiger partial charge in [-0.05, 0) is 43.9 Å². The second-order valence-corrected chi connectivity index (χ2v) is 12.6. The Bertz CT molecular complexity index is 1970. The van der Waals surface area contributed by atoms with Crippen molar-refractivity contribution in [1.82, 2.24) is 39.0 Å². The first-order valence-electron chi connectivity index (χ1n) is 13.1. The van der Waals surface area contributed by atoms with E-state index in [9.17, 15) is 13.2 Å². The van der Waals surface area contributed by atoms with E-state index in [1.165, 1.54) is 12.0 Å². The molecule has 224 valence electrons. The van der Waals surface area contributed by atoms with Crippen molar-refractivity contribution < 1.29 is 22.7 Å². The molecule has 1 aromatic carbocycles. The maximum absolute atomic E-state index is 13.0. The number of halogens is 1. The first kappa shape index (κ1) is 28.8. The molecule has 5 aromatic rings. The smallest absolute Gasteiger partial charge is 0.416 e. The largest absolute Gasteiger partial charge is 0.494 e. The molecule has 1 atom stereocenters. The fourth-order valence-corrected chi connectivity index (χ4v) is 5.63. The molecule has 16 heteroatoms. The number of hydrogen-bond acceptors (Lipinski definition) is 10. The fraction of sp³-hybridized carbons (Fsp3) is 0.296. The van der Waals surface area contributed by atoms with Gasteiger partial charge in [0.15, 0.2) is 11.5 Å². The molecule has 1 fully saturated rings. The second-order valence-electron chi connectivity index (χ2n) is 10.4. The molecule has 1 saturated heterocycles. The molecule has 0 unspecified atom stereocenters. The van der Waals surface area contributed by atoms with Crippen molar-refractivity contribution in [2.45, 2.75) is 12.6 Å². The molecular formula is C27H28ClN9O5S. The molecule has 4 aromatic heterocycles. The minimum Gasteiger partial charge on any atom is -0.494 e. The summed E-state index contributed by atoms with van der Waals surface area (Å²) in [7, 11) is 1.86. The molecule has 1 amide bonds. The zero-order valence-corrected chi connectivity index (χ0v) is 25.3. The molecule has 0 radical (unpaired) electrons. The van der Waals surface area contributed by atoms with Gasteiger partial charge in [0.2, 0.25) is 10.0 Å². The van der Waals surface area contributed by atoms with Crippen molar-refractivity contribution in [3.63, 3.8) is 0 Å². The summed E-state index contributed by atoms with van der Waals surface area (Å²) in [6.45, 7) is 0.830. The third-order valence-electron chi connectivity index (χ3n) is 6.90. The Balaban J connectivity index is 1.52. The number of benzene rings is 1. The van der Waals surface area contributed by atoms with Gasteiger partial charge in [-0.2, -0.15) is 5.10 Å². The molecule has 14 nitrogen and oxygen atoms in total. The number of sulfonamides is 1. The molecule has 5 heterocycles. The van der Waals surface area contributed by atoms with Crippen LogP contribution in [0.15, 0.2) is 49.1 Å². The number of pyridine rings is 1. The second kappa shape index (κ2) is 11.1. The Labute approximate surface area is 251 Å². The number of nitrogens with one attached hydrogen (secondary N) is 1. The van der Waals surface area contributed by atoms with Crippen LogP contribution in [0.1, 0.15) is 5.56 Å². The highest BCUT2D eigenvalue weighted by Crippen LogP contribution is 2.37. The summed E-state index contributed by atoms with van der Waals surface area (Å²) in [6.07, 6.45) is 7.03. The Morgan fingerprint density at radius 2 is 2.02 bits per heavy atom. The van der Waals surface area contributed by atoms with Crippen LogP contribution in [0.2, 0.25) is 5.02 Å². The van der Waals surface area contributed by atoms with Crippen LogP contribution in [-0.4, -0.2) is 95.4 Å². The quantitative estimate of drug-likeness (QED) is 0.259. The number of ether oxygens (including phenoxy) is 2. The number of rotatable bonds is 9. The topological polar surface area (TPSA) is 149 Å². The van der Waals surface area contributed by atoms with Crippen molar-refractivity contribution in [2.24, 2.45) is 0 Å². The van der Waals surface area contributed by atoms with Crippen LogP contribution >= 0.6 is 11.6 Å². The molecule has 1 N–H and O–H groups in total. The highest BCUT2D eigenvalue weighted by molar-refractivity contribution is 7.88. The number of nitrogens with zero attached hydrogens (tertiary/aromatic N) is 8. The Hall–Kier alpha value is -4.31. The zero-order chi connectivity index (χ0) is 30.5. The average molecular weight is 626 g/mol. The van der Waals surface area contributed by atoms with E-state index in [1.807, 2.05) is 25.1 Å². The van der Waals surface area contributed by atoms with Crippen molar-refractivity contribution >= 4 is 50.1 Å². The van der Waals surface area contributed by atoms with E-state index in [0.717, 1.165) is 6.26 Å². The van der Waals surface area contributed by atoms with Gasteiger partial charge in [0.25, 0.3) is 0 Å². The number of hydrogen-bond donors (Lipinski definition) is 1. The van der Waals surface area contributed by atoms with Gasteiger partial charge < -0.3 is 14.4 Å². The van der Waals surface area contributed by atoms with Gasteiger partial charge in [0.05, 0.1) is 48.3 Å². The van der Waals surface area contributed by atoms with Gasteiger partial charge in [-0.25, -0.2) is 32.1 Å². The van der Waals surface area contributed by atoms with Crippen LogP contribution in [0, 0.1) is 0 Å². The first-order chi connectivity index (χ1) is 20.5. The Morgan fingerprint density at radius 1 is 1.21 bits per heavy atom. The lowest BCUT2D eigenvalue weighted by molar-refractivity contribution is 0.123. The Morgan fingerprint density at radius 3 is 2.77 bits per heavy atom. The molecule has 43 heavy (non-hydrogen) atoms. The first-order valence-corrected chi connectivity index (χ1v) is 15.4. The van der Waals surface area contributed by atoms with E-state index in [-0.39, 0.29) is 12.6 Å². The van der Waals surface area contributed by atoms with Gasteiger partial charge >= 0.3 is 6.09 Å². The summed E-state index contributed by atoms with van der Waals surface area (Å²) in [5.41, 5.74) is 3.51. The van der Waals surface area contributed by atoms with Crippen LogP contribution in [-0.2, 0) is 21.3 Å². The highest BCUT2D eigenvalue weighted by atomic mass is 35.5. The summed E-state index contributed by atoms with van der Waals surface area (Å²) < 4.78 is 40.4. The van der Waals surface area contributed by atoms with Crippen LogP contribution in [0.3, 0.4) is 0 Å². The molecule has 0 aliphatic carbocycles. The van der Waals surface area contributed by atoms with Crippen molar-refractivity contribution in [1.29, 1.82) is 0 Å². The summed E-state index contributed by atoms with van der Waals surface area (Å²) in [6, 6.07) is 6.91. The number of cyclic esters (lactones) is 1. The van der Waals surface area contributed by atoms with E-state index in [2.05, 4.69) is 14.8 Å². The van der Waals surface area contributed by atoms with Gasteiger partial charge in [-0.3, -0.25) is 9.88 Å². The molecule has 1 aliphatic rings. The van der Waals surface area contributed by atoms with E-state index in [0.29, 0.717) is 68.7 Å². The molecule has 1 aliphatic heterocycles. The maximum Gasteiger partial charge on any atom is 0.416 e. The summed E-state index contributed by atoms with van der Waals surface area (Å²) in [5.74, 6) is 0.746. The Kier molecular flexibility index (Phi) is 7.41. The number of likely N-dealkylation sites (N-methyl/N-ethyl adjacent to an activating group) is 1. The molecule has 0 bridgehead atoms. The monoisotopic (exact) mass is 625 g/mol. The molecule has 0 saturated carbocycles. The minimum atomic E-state index is -3.45. The minimum absolute atomic E-state index is 0.0257. The number of carbonyl (C=O) groups is 1. The zero-order valence-electron chi connectivity index (χ0n) is 23.7. The summed E-state index contributed by atoms with van der Waals surface area (Å²) >= 11 is 6.64. The summed E-state index contributed by atoms with van der Waals surface area (Å²) in [5, 5.41) is 10.1. The van der Waals surface area contributed by atoms with Crippen molar-refractivity contribution in [3.8, 4) is 22.7 Å². The lowest BCUT2D eigenvalue weighted by atomic mass is 10.1. The highest BCUT2D eigenvalue weighted by Gasteiger charge is 2.36. The van der Waals surface area contributed by atoms with E-state index >= 15 is 0 Å². The predicted octanol–water partition coefficient (Wildman–Crippen LogP) is 2.73. The SMILES string of the molecule is COc1cc(CNS(C)(=O)=O)c(Cl)cc1-n1nc(N2C[C@@H](CN(C)C)OC2=O)c2cnc(-c3cnn4cccnc34)cc21. The molecular weight excluding hydrogens is 598 g/mol. The number of carbonyl (C=O) groups excluding carboxylic acids is 1. The molecule has 0 spiro atoms. The van der Waals surface area contributed by atoms with E-state index in [1.54, 1.807) is 52.2 Å². The lowest BCUT2D eigenvalue weighted by Crippen LogP contribution is -2.30. The standard InChI is InChI=1S/C27H28ClN9O5S/c1-34(2)14-17-15-35(27(38)42-17)26-19-12-30-21(18-13-31-36-7-5-6-29-25(18)36)10-22(19)37(33-26)23-9-20(28)16(8-24(23)41-3)11-32-43(4,39)40/h5-10,12-13,17,32H,11,14-15H2,1-4H3/t17-/m1/s1. The van der Waals surface area contributed by atoms with E-state index < -0.39 is 16.1 Å². The van der Waals surface area contributed by atoms with Crippen molar-refractivity contribution in [3.05, 3.63) is 59.6 Å². The van der Waals surface area contributed by atoms with Crippen LogP contribution in [0.25, 0.3) is 33.5 Å².